The number of unbranched alkanes of at least 4 members (excludes halogenated alkanes) is 1. The minimum atomic E-state index is -0.833. The Labute approximate surface area is 68.9 Å². The van der Waals surface area contributed by atoms with Crippen molar-refractivity contribution in [2.24, 2.45) is 0 Å². The number of carboxylic acids is 1. The number of aliphatic carboxylic acids is 1. The second kappa shape index (κ2) is 11.9. The Morgan fingerprint density at radius 1 is 1.55 bits per heavy atom. The molecule has 65 valence electrons. The molecule has 11 heavy (non-hydrogen) atoms. The zero-order valence-electron chi connectivity index (χ0n) is 7.34. The zero-order valence-corrected chi connectivity index (χ0v) is 7.34. The molecule has 1 N–H and O–H groups in total. The summed E-state index contributed by atoms with van der Waals surface area (Å²) in [5.74, 6) is -0.833. The van der Waals surface area contributed by atoms with Crippen LogP contribution in [0, 0.1) is 6.92 Å². The van der Waals surface area contributed by atoms with E-state index in [0.717, 1.165) is 13.3 Å². The van der Waals surface area contributed by atoms with Gasteiger partial charge in [0.05, 0.1) is 0 Å². The average Bonchev–Trinajstić information content (AvgIpc) is 1.88. The Bertz CT molecular complexity index is 102. The number of hydrogen-bond donors (Lipinski definition) is 1. The molecule has 1 radical (unpaired) electrons. The van der Waals surface area contributed by atoms with Crippen LogP contribution in [0.15, 0.2) is 12.2 Å². The lowest BCUT2D eigenvalue weighted by Crippen LogP contribution is -1.78. The van der Waals surface area contributed by atoms with Crippen molar-refractivity contribution >= 4 is 5.97 Å². The number of rotatable bonds is 3. The van der Waals surface area contributed by atoms with Gasteiger partial charge in [-0.15, -0.1) is 0 Å². The molecule has 0 saturated heterocycles. The molecule has 0 rings (SSSR count). The summed E-state index contributed by atoms with van der Waals surface area (Å²) >= 11 is 0. The molecule has 2 heteroatoms. The van der Waals surface area contributed by atoms with Gasteiger partial charge in [0.1, 0.15) is 0 Å². The van der Waals surface area contributed by atoms with Gasteiger partial charge in [-0.25, -0.2) is 0 Å². The molecule has 0 unspecified atom stereocenters. The van der Waals surface area contributed by atoms with Gasteiger partial charge in [-0.2, -0.15) is 0 Å². The summed E-state index contributed by atoms with van der Waals surface area (Å²) in [6, 6.07) is 0. The maximum Gasteiger partial charge on any atom is 0.300 e. The van der Waals surface area contributed by atoms with E-state index in [1.807, 2.05) is 0 Å². The predicted molar refractivity (Wildman–Crippen MR) is 47.3 cm³/mol. The lowest BCUT2D eigenvalue weighted by Gasteiger charge is -1.79. The highest BCUT2D eigenvalue weighted by Crippen LogP contribution is 1.88. The van der Waals surface area contributed by atoms with Gasteiger partial charge in [0.2, 0.25) is 0 Å². The molecule has 0 aliphatic carbocycles. The number of hydrogen-bond acceptors (Lipinski definition) is 1. The van der Waals surface area contributed by atoms with E-state index >= 15 is 0 Å². The summed E-state index contributed by atoms with van der Waals surface area (Å²) in [4.78, 5) is 9.00. The van der Waals surface area contributed by atoms with Gasteiger partial charge in [-0.3, -0.25) is 4.79 Å². The molecule has 0 heterocycles. The van der Waals surface area contributed by atoms with Gasteiger partial charge in [0.15, 0.2) is 0 Å². The SMILES string of the molecule is CC(=O)O.[CH2]C/C=C/CCC. The second-order valence-electron chi connectivity index (χ2n) is 2.07. The van der Waals surface area contributed by atoms with Crippen molar-refractivity contribution in [1.29, 1.82) is 0 Å². The molecule has 0 amide bonds. The maximum absolute atomic E-state index is 9.00. The molecule has 0 saturated carbocycles. The summed E-state index contributed by atoms with van der Waals surface area (Å²) in [6.07, 6.45) is 7.66. The fourth-order valence-electron chi connectivity index (χ4n) is 0.402. The zero-order chi connectivity index (χ0) is 9.11. The van der Waals surface area contributed by atoms with E-state index in [-0.39, 0.29) is 0 Å². The highest BCUT2D eigenvalue weighted by Gasteiger charge is 1.68. The van der Waals surface area contributed by atoms with E-state index in [1.54, 1.807) is 0 Å². The first kappa shape index (κ1) is 12.8. The van der Waals surface area contributed by atoms with E-state index in [2.05, 4.69) is 26.0 Å². The van der Waals surface area contributed by atoms with Crippen LogP contribution in [0.3, 0.4) is 0 Å². The lowest BCUT2D eigenvalue weighted by molar-refractivity contribution is -0.134. The summed E-state index contributed by atoms with van der Waals surface area (Å²) in [6.45, 7) is 6.93. The van der Waals surface area contributed by atoms with Crippen LogP contribution in [0.25, 0.3) is 0 Å². The lowest BCUT2D eigenvalue weighted by atomic mass is 10.3. The third-order valence-corrected chi connectivity index (χ3v) is 0.789. The highest BCUT2D eigenvalue weighted by molar-refractivity contribution is 5.62. The number of carbonyl (C=O) groups is 1. The van der Waals surface area contributed by atoms with E-state index in [9.17, 15) is 0 Å². The van der Waals surface area contributed by atoms with Crippen molar-refractivity contribution in [3.63, 3.8) is 0 Å². The Hall–Kier alpha value is -0.790. The van der Waals surface area contributed by atoms with Crippen LogP contribution < -0.4 is 0 Å². The molecule has 0 aromatic rings. The van der Waals surface area contributed by atoms with E-state index in [1.165, 1.54) is 12.8 Å². The van der Waals surface area contributed by atoms with Gasteiger partial charge in [0, 0.05) is 6.92 Å². The van der Waals surface area contributed by atoms with Crippen LogP contribution in [-0.2, 0) is 4.79 Å². The first-order valence-electron chi connectivity index (χ1n) is 3.78. The maximum atomic E-state index is 9.00. The van der Waals surface area contributed by atoms with Crippen LogP contribution in [0.5, 0.6) is 0 Å². The first-order chi connectivity index (χ1) is 5.15. The topological polar surface area (TPSA) is 37.3 Å². The fourth-order valence-corrected chi connectivity index (χ4v) is 0.402. The molecule has 0 aliphatic rings. The smallest absolute Gasteiger partial charge is 0.300 e. The Kier molecular flexibility index (Phi) is 13.9. The van der Waals surface area contributed by atoms with Gasteiger partial charge in [-0.1, -0.05) is 25.5 Å². The Morgan fingerprint density at radius 2 is 2.00 bits per heavy atom. The van der Waals surface area contributed by atoms with Crippen LogP contribution in [0.1, 0.15) is 33.1 Å². The molecule has 0 atom stereocenters. The van der Waals surface area contributed by atoms with Crippen molar-refractivity contribution in [1.82, 2.24) is 0 Å². The van der Waals surface area contributed by atoms with Crippen molar-refractivity contribution < 1.29 is 9.90 Å². The Balaban J connectivity index is 0. The van der Waals surface area contributed by atoms with Gasteiger partial charge >= 0.3 is 0 Å². The molecule has 2 nitrogen and oxygen atoms in total. The summed E-state index contributed by atoms with van der Waals surface area (Å²) < 4.78 is 0. The molecular weight excluding hydrogens is 140 g/mol. The molecular formula is C9H17O2. The quantitative estimate of drug-likeness (QED) is 0.639. The van der Waals surface area contributed by atoms with Gasteiger partial charge in [0.25, 0.3) is 5.97 Å². The standard InChI is InChI=1S/C7H13.C2H4O2/c1-3-5-7-6-4-2;1-2(3)4/h5,7H,1,3-4,6H2,2H3;1H3,(H,3,4)/b7-5+;. The van der Waals surface area contributed by atoms with Crippen molar-refractivity contribution in [3.8, 4) is 0 Å². The monoisotopic (exact) mass is 157 g/mol. The van der Waals surface area contributed by atoms with Crippen LogP contribution in [0.2, 0.25) is 0 Å². The predicted octanol–water partition coefficient (Wildman–Crippen LogP) is 2.66. The largest absolute Gasteiger partial charge is 0.481 e. The third kappa shape index (κ3) is 46.5. The molecule has 0 bridgehead atoms. The average molecular weight is 157 g/mol. The van der Waals surface area contributed by atoms with Gasteiger partial charge < -0.3 is 5.11 Å². The molecule has 0 aromatic heterocycles. The molecule has 0 aliphatic heterocycles. The number of carboxylic acid groups (broad SMARTS) is 1. The van der Waals surface area contributed by atoms with Crippen molar-refractivity contribution in [2.45, 2.75) is 33.1 Å². The van der Waals surface area contributed by atoms with Crippen LogP contribution in [-0.4, -0.2) is 11.1 Å². The summed E-state index contributed by atoms with van der Waals surface area (Å²) in [7, 11) is 0. The van der Waals surface area contributed by atoms with Crippen LogP contribution in [0.4, 0.5) is 0 Å². The van der Waals surface area contributed by atoms with Crippen molar-refractivity contribution in [2.75, 3.05) is 0 Å². The first-order valence-corrected chi connectivity index (χ1v) is 3.78. The number of allylic oxidation sites excluding steroid dienone is 2. The van der Waals surface area contributed by atoms with Gasteiger partial charge in [-0.05, 0) is 19.8 Å². The van der Waals surface area contributed by atoms with Crippen molar-refractivity contribution in [3.05, 3.63) is 19.1 Å². The summed E-state index contributed by atoms with van der Waals surface area (Å²) in [5.41, 5.74) is 0. The van der Waals surface area contributed by atoms with Crippen LogP contribution >= 0.6 is 0 Å². The van der Waals surface area contributed by atoms with E-state index in [0.29, 0.717) is 0 Å². The Morgan fingerprint density at radius 3 is 2.27 bits per heavy atom. The van der Waals surface area contributed by atoms with E-state index in [4.69, 9.17) is 9.90 Å². The molecule has 0 spiro atoms. The fraction of sp³-hybridized carbons (Fsp3) is 0.556. The highest BCUT2D eigenvalue weighted by atomic mass is 16.4. The van der Waals surface area contributed by atoms with E-state index < -0.39 is 5.97 Å². The molecule has 0 fully saturated rings. The third-order valence-electron chi connectivity index (χ3n) is 0.789. The minimum absolute atomic E-state index is 0.833. The second-order valence-corrected chi connectivity index (χ2v) is 2.07. The normalized spacial score (nSPS) is 9.00. The summed E-state index contributed by atoms with van der Waals surface area (Å²) in [5, 5.41) is 7.42. The molecule has 0 aromatic carbocycles. The minimum Gasteiger partial charge on any atom is -0.481 e.